The standard InChI is InChI=1S/C28H27NOS/c30-26-16-17-28(22-12-6-2-7-13-22,23-14-8-3-9-15-23)25-20-29(19-24(25)26)27(31)18-21-10-4-1-5-11-21/h1-15,24-25H,16-20H2. The molecular formula is C28H27NOS. The van der Waals surface area contributed by atoms with Gasteiger partial charge in [-0.15, -0.1) is 0 Å². The Bertz CT molecular complexity index is 1020. The maximum atomic E-state index is 13.1. The number of benzene rings is 3. The van der Waals surface area contributed by atoms with E-state index in [0.717, 1.165) is 30.9 Å². The van der Waals surface area contributed by atoms with Crippen LogP contribution in [0.3, 0.4) is 0 Å². The lowest BCUT2D eigenvalue weighted by Gasteiger charge is -2.45. The van der Waals surface area contributed by atoms with Crippen LogP contribution in [0.25, 0.3) is 0 Å². The fourth-order valence-electron chi connectivity index (χ4n) is 5.76. The molecule has 1 heterocycles. The molecule has 2 nitrogen and oxygen atoms in total. The zero-order chi connectivity index (χ0) is 21.3. The van der Waals surface area contributed by atoms with Gasteiger partial charge in [-0.3, -0.25) is 4.79 Å². The van der Waals surface area contributed by atoms with Crippen molar-refractivity contribution >= 4 is 23.0 Å². The quantitative estimate of drug-likeness (QED) is 0.518. The molecule has 2 atom stereocenters. The lowest BCUT2D eigenvalue weighted by Crippen LogP contribution is -2.47. The van der Waals surface area contributed by atoms with Gasteiger partial charge in [0.05, 0.1) is 4.99 Å². The molecule has 2 unspecified atom stereocenters. The van der Waals surface area contributed by atoms with Gasteiger partial charge in [0.2, 0.25) is 0 Å². The molecule has 31 heavy (non-hydrogen) atoms. The molecule has 1 saturated carbocycles. The molecule has 2 aliphatic rings. The van der Waals surface area contributed by atoms with Crippen molar-refractivity contribution in [2.24, 2.45) is 11.8 Å². The van der Waals surface area contributed by atoms with E-state index >= 15 is 0 Å². The Kier molecular flexibility index (Phi) is 5.45. The first kappa shape index (κ1) is 20.1. The fourth-order valence-corrected chi connectivity index (χ4v) is 6.08. The van der Waals surface area contributed by atoms with Gasteiger partial charge in [0.25, 0.3) is 0 Å². The Hall–Kier alpha value is -2.78. The van der Waals surface area contributed by atoms with Gasteiger partial charge >= 0.3 is 0 Å². The maximum Gasteiger partial charge on any atom is 0.138 e. The van der Waals surface area contributed by atoms with Crippen LogP contribution in [0.15, 0.2) is 91.0 Å². The van der Waals surface area contributed by atoms with Crippen molar-refractivity contribution in [3.63, 3.8) is 0 Å². The Morgan fingerprint density at radius 3 is 1.97 bits per heavy atom. The van der Waals surface area contributed by atoms with Crippen LogP contribution < -0.4 is 0 Å². The van der Waals surface area contributed by atoms with Crippen LogP contribution in [0.1, 0.15) is 29.5 Å². The third-order valence-electron chi connectivity index (χ3n) is 7.26. The summed E-state index contributed by atoms with van der Waals surface area (Å²) in [4.78, 5) is 16.3. The monoisotopic (exact) mass is 425 g/mol. The van der Waals surface area contributed by atoms with Crippen LogP contribution in [0.4, 0.5) is 0 Å². The van der Waals surface area contributed by atoms with E-state index in [4.69, 9.17) is 12.2 Å². The Balaban J connectivity index is 1.52. The van der Waals surface area contributed by atoms with E-state index < -0.39 is 0 Å². The van der Waals surface area contributed by atoms with Crippen LogP contribution in [-0.4, -0.2) is 28.8 Å². The van der Waals surface area contributed by atoms with Crippen molar-refractivity contribution in [1.82, 2.24) is 4.90 Å². The number of hydrogen-bond donors (Lipinski definition) is 0. The lowest BCUT2D eigenvalue weighted by molar-refractivity contribution is -0.126. The summed E-state index contributed by atoms with van der Waals surface area (Å²) in [5.74, 6) is 0.660. The van der Waals surface area contributed by atoms with E-state index in [2.05, 4.69) is 89.8 Å². The highest BCUT2D eigenvalue weighted by Crippen LogP contribution is 2.52. The topological polar surface area (TPSA) is 20.3 Å². The second-order valence-electron chi connectivity index (χ2n) is 8.84. The molecule has 1 aliphatic carbocycles. The average Bonchev–Trinajstić information content (AvgIpc) is 3.29. The molecule has 3 aromatic carbocycles. The highest BCUT2D eigenvalue weighted by atomic mass is 32.1. The van der Waals surface area contributed by atoms with Crippen LogP contribution in [0, 0.1) is 11.8 Å². The zero-order valence-corrected chi connectivity index (χ0v) is 18.4. The highest BCUT2D eigenvalue weighted by molar-refractivity contribution is 7.80. The molecule has 0 spiro atoms. The summed E-state index contributed by atoms with van der Waals surface area (Å²) in [7, 11) is 0. The van der Waals surface area contributed by atoms with Gasteiger partial charge in [-0.05, 0) is 23.1 Å². The van der Waals surface area contributed by atoms with Gasteiger partial charge in [0.1, 0.15) is 5.78 Å². The van der Waals surface area contributed by atoms with Gasteiger partial charge in [-0.1, -0.05) is 103 Å². The number of ketones is 1. The molecule has 3 aromatic rings. The van der Waals surface area contributed by atoms with Crippen LogP contribution in [0.2, 0.25) is 0 Å². The van der Waals surface area contributed by atoms with Crippen molar-refractivity contribution in [3.8, 4) is 0 Å². The minimum atomic E-state index is -0.155. The number of rotatable bonds is 4. The number of Topliss-reactive ketones (excluding diaryl/α,β-unsaturated/α-hetero) is 1. The third-order valence-corrected chi connectivity index (χ3v) is 7.66. The first-order chi connectivity index (χ1) is 15.2. The van der Waals surface area contributed by atoms with Crippen LogP contribution in [-0.2, 0) is 16.6 Å². The molecule has 1 aliphatic heterocycles. The normalized spacial score (nSPS) is 22.2. The molecule has 0 radical (unpaired) electrons. The predicted octanol–water partition coefficient (Wildman–Crippen LogP) is 5.45. The molecule has 1 saturated heterocycles. The van der Waals surface area contributed by atoms with Gasteiger partial charge in [-0.2, -0.15) is 0 Å². The van der Waals surface area contributed by atoms with Crippen LogP contribution in [0.5, 0.6) is 0 Å². The van der Waals surface area contributed by atoms with E-state index in [1.807, 2.05) is 6.07 Å². The summed E-state index contributed by atoms with van der Waals surface area (Å²) in [5.41, 5.74) is 3.71. The van der Waals surface area contributed by atoms with Gasteiger partial charge < -0.3 is 4.90 Å². The number of hydrogen-bond acceptors (Lipinski definition) is 2. The smallest absolute Gasteiger partial charge is 0.138 e. The first-order valence-corrected chi connectivity index (χ1v) is 11.5. The Morgan fingerprint density at radius 1 is 0.839 bits per heavy atom. The van der Waals surface area contributed by atoms with Gasteiger partial charge in [0.15, 0.2) is 0 Å². The second kappa shape index (κ2) is 8.39. The SMILES string of the molecule is O=C1CCC(c2ccccc2)(c2ccccc2)C2CN(C(=S)Cc3ccccc3)CC12. The van der Waals surface area contributed by atoms with E-state index in [-0.39, 0.29) is 17.3 Å². The van der Waals surface area contributed by atoms with Crippen molar-refractivity contribution in [2.75, 3.05) is 13.1 Å². The second-order valence-corrected chi connectivity index (χ2v) is 9.32. The minimum Gasteiger partial charge on any atom is -0.365 e. The first-order valence-electron chi connectivity index (χ1n) is 11.1. The maximum absolute atomic E-state index is 13.1. The average molecular weight is 426 g/mol. The Labute approximate surface area is 189 Å². The van der Waals surface area contributed by atoms with E-state index in [9.17, 15) is 4.79 Å². The molecular weight excluding hydrogens is 398 g/mol. The van der Waals surface area contributed by atoms with Crippen molar-refractivity contribution < 1.29 is 4.79 Å². The minimum absolute atomic E-state index is 0.0304. The van der Waals surface area contributed by atoms with E-state index in [1.54, 1.807) is 0 Å². The van der Waals surface area contributed by atoms with Crippen molar-refractivity contribution in [3.05, 3.63) is 108 Å². The molecule has 3 heteroatoms. The lowest BCUT2D eigenvalue weighted by atomic mass is 9.56. The molecule has 2 fully saturated rings. The summed E-state index contributed by atoms with van der Waals surface area (Å²) in [6.07, 6.45) is 2.25. The van der Waals surface area contributed by atoms with Crippen LogP contribution >= 0.6 is 12.2 Å². The largest absolute Gasteiger partial charge is 0.365 e. The zero-order valence-electron chi connectivity index (χ0n) is 17.6. The Morgan fingerprint density at radius 2 is 1.39 bits per heavy atom. The summed E-state index contributed by atoms with van der Waals surface area (Å²) >= 11 is 5.88. The fraction of sp³-hybridized carbons (Fsp3) is 0.286. The number of fused-ring (bicyclic) bond motifs is 1. The summed E-state index contributed by atoms with van der Waals surface area (Å²) in [6.45, 7) is 1.59. The van der Waals surface area contributed by atoms with Crippen molar-refractivity contribution in [1.29, 1.82) is 0 Å². The predicted molar refractivity (Wildman–Crippen MR) is 129 cm³/mol. The molecule has 0 amide bonds. The van der Waals surface area contributed by atoms with Gasteiger partial charge in [0, 0.05) is 43.2 Å². The molecule has 0 N–H and O–H groups in total. The highest BCUT2D eigenvalue weighted by Gasteiger charge is 2.54. The summed E-state index contributed by atoms with van der Waals surface area (Å²) < 4.78 is 0. The number of thiocarbonyl (C=S) groups is 1. The van der Waals surface area contributed by atoms with E-state index in [1.165, 1.54) is 16.7 Å². The summed E-state index contributed by atoms with van der Waals surface area (Å²) in [6, 6.07) is 32.0. The number of nitrogens with zero attached hydrogens (tertiary/aromatic N) is 1. The molecule has 0 bridgehead atoms. The van der Waals surface area contributed by atoms with Gasteiger partial charge in [-0.25, -0.2) is 0 Å². The molecule has 156 valence electrons. The molecule has 0 aromatic heterocycles. The number of carbonyl (C=O) groups excluding carboxylic acids is 1. The van der Waals surface area contributed by atoms with E-state index in [0.29, 0.717) is 12.2 Å². The number of carbonyl (C=O) groups is 1. The van der Waals surface area contributed by atoms with Crippen molar-refractivity contribution in [2.45, 2.75) is 24.7 Å². The third kappa shape index (κ3) is 3.61. The molecule has 5 rings (SSSR count). The number of likely N-dealkylation sites (tertiary alicyclic amines) is 1. The summed E-state index contributed by atoms with van der Waals surface area (Å²) in [5, 5.41) is 0.